The third-order valence-corrected chi connectivity index (χ3v) is 3.72. The van der Waals surface area contributed by atoms with Crippen molar-refractivity contribution in [3.63, 3.8) is 0 Å². The van der Waals surface area contributed by atoms with E-state index in [9.17, 15) is 9.59 Å². The van der Waals surface area contributed by atoms with Gasteiger partial charge in [0.15, 0.2) is 5.69 Å². The normalized spacial score (nSPS) is 10.4. The molecular formula is C18H23N3O4. The number of carbonyl (C=O) groups is 2. The Morgan fingerprint density at radius 2 is 2.04 bits per heavy atom. The van der Waals surface area contributed by atoms with Gasteiger partial charge >= 0.3 is 5.97 Å². The standard InChI is InChI=1S/C18H23N3O4/c1-5-9-19-17(22)14-10-13(24-4)7-8-15(14)21-11-20-16(12(21)3)18(23)25-6-2/h7-8,10-11H,5-6,9H2,1-4H3,(H,19,22). The Morgan fingerprint density at radius 3 is 2.68 bits per heavy atom. The molecule has 7 heteroatoms. The lowest BCUT2D eigenvalue weighted by atomic mass is 10.1. The summed E-state index contributed by atoms with van der Waals surface area (Å²) < 4.78 is 11.9. The highest BCUT2D eigenvalue weighted by molar-refractivity contribution is 5.98. The number of nitrogens with one attached hydrogen (secondary N) is 1. The molecule has 134 valence electrons. The van der Waals surface area contributed by atoms with Crippen LogP contribution in [0.15, 0.2) is 24.5 Å². The summed E-state index contributed by atoms with van der Waals surface area (Å²) in [6.07, 6.45) is 2.35. The van der Waals surface area contributed by atoms with Gasteiger partial charge in [-0.2, -0.15) is 0 Å². The number of ether oxygens (including phenoxy) is 2. The minimum absolute atomic E-state index is 0.207. The molecule has 0 spiro atoms. The van der Waals surface area contributed by atoms with Gasteiger partial charge in [0.25, 0.3) is 5.91 Å². The van der Waals surface area contributed by atoms with Crippen LogP contribution in [0.5, 0.6) is 5.75 Å². The number of hydrogen-bond acceptors (Lipinski definition) is 5. The van der Waals surface area contributed by atoms with E-state index in [1.165, 1.54) is 6.33 Å². The van der Waals surface area contributed by atoms with Crippen molar-refractivity contribution in [3.8, 4) is 11.4 Å². The Bertz CT molecular complexity index is 768. The fourth-order valence-electron chi connectivity index (χ4n) is 2.42. The molecule has 2 rings (SSSR count). The summed E-state index contributed by atoms with van der Waals surface area (Å²) in [7, 11) is 1.55. The molecule has 0 saturated heterocycles. The van der Waals surface area contributed by atoms with Crippen molar-refractivity contribution in [2.45, 2.75) is 27.2 Å². The van der Waals surface area contributed by atoms with Crippen molar-refractivity contribution in [2.24, 2.45) is 0 Å². The van der Waals surface area contributed by atoms with Crippen LogP contribution in [0.4, 0.5) is 0 Å². The van der Waals surface area contributed by atoms with Crippen LogP contribution in [0.3, 0.4) is 0 Å². The van der Waals surface area contributed by atoms with Gasteiger partial charge in [-0.1, -0.05) is 6.92 Å². The Morgan fingerprint density at radius 1 is 1.28 bits per heavy atom. The second kappa shape index (κ2) is 8.32. The monoisotopic (exact) mass is 345 g/mol. The number of nitrogens with zero attached hydrogens (tertiary/aromatic N) is 2. The molecule has 25 heavy (non-hydrogen) atoms. The van der Waals surface area contributed by atoms with E-state index in [1.54, 1.807) is 43.7 Å². The SMILES string of the molecule is CCCNC(=O)c1cc(OC)ccc1-n1cnc(C(=O)OCC)c1C. The van der Waals surface area contributed by atoms with Crippen molar-refractivity contribution in [1.29, 1.82) is 0 Å². The average molecular weight is 345 g/mol. The zero-order chi connectivity index (χ0) is 18.4. The highest BCUT2D eigenvalue weighted by Gasteiger charge is 2.20. The molecule has 1 amide bonds. The second-order valence-electron chi connectivity index (χ2n) is 5.41. The highest BCUT2D eigenvalue weighted by Crippen LogP contribution is 2.23. The Balaban J connectivity index is 2.48. The number of aromatic nitrogens is 2. The van der Waals surface area contributed by atoms with Gasteiger partial charge in [-0.15, -0.1) is 0 Å². The minimum Gasteiger partial charge on any atom is -0.497 e. The van der Waals surface area contributed by atoms with E-state index in [0.717, 1.165) is 6.42 Å². The maximum atomic E-state index is 12.5. The first-order valence-corrected chi connectivity index (χ1v) is 8.21. The van der Waals surface area contributed by atoms with Crippen LogP contribution in [-0.2, 0) is 4.74 Å². The lowest BCUT2D eigenvalue weighted by molar-refractivity contribution is 0.0519. The van der Waals surface area contributed by atoms with Crippen LogP contribution in [0.1, 0.15) is 46.8 Å². The van der Waals surface area contributed by atoms with E-state index in [4.69, 9.17) is 9.47 Å². The Labute approximate surface area is 147 Å². The molecule has 1 aromatic heterocycles. The smallest absolute Gasteiger partial charge is 0.358 e. The molecule has 0 aliphatic rings. The average Bonchev–Trinajstić information content (AvgIpc) is 3.00. The molecule has 1 heterocycles. The largest absolute Gasteiger partial charge is 0.497 e. The third kappa shape index (κ3) is 3.99. The van der Waals surface area contributed by atoms with Gasteiger partial charge in [0.05, 0.1) is 30.7 Å². The maximum absolute atomic E-state index is 12.5. The molecule has 0 bridgehead atoms. The number of carbonyl (C=O) groups excluding carboxylic acids is 2. The summed E-state index contributed by atoms with van der Waals surface area (Å²) in [6.45, 7) is 6.34. The summed E-state index contributed by atoms with van der Waals surface area (Å²) in [4.78, 5) is 28.6. The van der Waals surface area contributed by atoms with E-state index in [-0.39, 0.29) is 18.2 Å². The fourth-order valence-corrected chi connectivity index (χ4v) is 2.42. The second-order valence-corrected chi connectivity index (χ2v) is 5.41. The van der Waals surface area contributed by atoms with Crippen LogP contribution in [0.2, 0.25) is 0 Å². The zero-order valence-electron chi connectivity index (χ0n) is 15.0. The summed E-state index contributed by atoms with van der Waals surface area (Å²) in [5.74, 6) is -0.112. The molecule has 0 aliphatic carbocycles. The highest BCUT2D eigenvalue weighted by atomic mass is 16.5. The quantitative estimate of drug-likeness (QED) is 0.780. The van der Waals surface area contributed by atoms with Crippen LogP contribution in [-0.4, -0.2) is 41.7 Å². The summed E-state index contributed by atoms with van der Waals surface area (Å²) in [6, 6.07) is 5.20. The Hall–Kier alpha value is -2.83. The minimum atomic E-state index is -0.482. The molecule has 2 aromatic rings. The number of methoxy groups -OCH3 is 1. The van der Waals surface area contributed by atoms with Crippen molar-refractivity contribution >= 4 is 11.9 Å². The van der Waals surface area contributed by atoms with E-state index in [1.807, 2.05) is 6.92 Å². The predicted octanol–water partition coefficient (Wildman–Crippen LogP) is 2.51. The number of rotatable bonds is 7. The molecule has 1 aromatic carbocycles. The van der Waals surface area contributed by atoms with Gasteiger partial charge in [-0.3, -0.25) is 4.79 Å². The van der Waals surface area contributed by atoms with Crippen LogP contribution < -0.4 is 10.1 Å². The number of imidazole rings is 1. The van der Waals surface area contributed by atoms with E-state index >= 15 is 0 Å². The topological polar surface area (TPSA) is 82.5 Å². The van der Waals surface area contributed by atoms with E-state index in [0.29, 0.717) is 29.2 Å². The molecular weight excluding hydrogens is 322 g/mol. The molecule has 0 atom stereocenters. The number of esters is 1. The predicted molar refractivity (Wildman–Crippen MR) is 93.4 cm³/mol. The van der Waals surface area contributed by atoms with Crippen LogP contribution >= 0.6 is 0 Å². The van der Waals surface area contributed by atoms with Gasteiger partial charge in [-0.05, 0) is 38.5 Å². The molecule has 0 saturated carbocycles. The first-order chi connectivity index (χ1) is 12.0. The fraction of sp³-hybridized carbons (Fsp3) is 0.389. The van der Waals surface area contributed by atoms with Crippen LogP contribution in [0, 0.1) is 6.92 Å². The lowest BCUT2D eigenvalue weighted by Crippen LogP contribution is -2.25. The van der Waals surface area contributed by atoms with Crippen molar-refractivity contribution in [1.82, 2.24) is 14.9 Å². The number of benzene rings is 1. The van der Waals surface area contributed by atoms with Gasteiger partial charge in [0.2, 0.25) is 0 Å². The molecule has 0 aliphatic heterocycles. The van der Waals surface area contributed by atoms with Gasteiger partial charge < -0.3 is 19.4 Å². The first-order valence-electron chi connectivity index (χ1n) is 8.21. The lowest BCUT2D eigenvalue weighted by Gasteiger charge is -2.13. The molecule has 0 unspecified atom stereocenters. The maximum Gasteiger partial charge on any atom is 0.358 e. The van der Waals surface area contributed by atoms with Gasteiger partial charge in [0, 0.05) is 6.54 Å². The van der Waals surface area contributed by atoms with Crippen molar-refractivity contribution in [2.75, 3.05) is 20.3 Å². The molecule has 0 radical (unpaired) electrons. The summed E-state index contributed by atoms with van der Waals surface area (Å²) in [5.41, 5.74) is 1.91. The van der Waals surface area contributed by atoms with Crippen molar-refractivity contribution in [3.05, 3.63) is 41.5 Å². The van der Waals surface area contributed by atoms with Crippen molar-refractivity contribution < 1.29 is 19.1 Å². The van der Waals surface area contributed by atoms with E-state index in [2.05, 4.69) is 10.3 Å². The Kier molecular flexibility index (Phi) is 6.16. The zero-order valence-corrected chi connectivity index (χ0v) is 15.0. The van der Waals surface area contributed by atoms with Crippen LogP contribution in [0.25, 0.3) is 5.69 Å². The summed E-state index contributed by atoms with van der Waals surface area (Å²) >= 11 is 0. The van der Waals surface area contributed by atoms with E-state index < -0.39 is 5.97 Å². The third-order valence-electron chi connectivity index (χ3n) is 3.72. The van der Waals surface area contributed by atoms with Gasteiger partial charge in [-0.25, -0.2) is 9.78 Å². The number of amides is 1. The van der Waals surface area contributed by atoms with Gasteiger partial charge in [0.1, 0.15) is 12.1 Å². The number of hydrogen-bond donors (Lipinski definition) is 1. The molecule has 0 fully saturated rings. The first kappa shape index (κ1) is 18.5. The summed E-state index contributed by atoms with van der Waals surface area (Å²) in [5, 5.41) is 2.86. The molecule has 7 nitrogen and oxygen atoms in total. The molecule has 1 N–H and O–H groups in total.